The summed E-state index contributed by atoms with van der Waals surface area (Å²) in [4.78, 5) is 17.8. The molecular weight excluding hydrogens is 218 g/mol. The number of nitrogens with zero attached hydrogens (tertiary/aromatic N) is 2. The Labute approximate surface area is 96.1 Å². The fourth-order valence-corrected chi connectivity index (χ4v) is 1.73. The van der Waals surface area contributed by atoms with Gasteiger partial charge in [0.2, 0.25) is 0 Å². The van der Waals surface area contributed by atoms with Crippen LogP contribution in [0.4, 0.5) is 0 Å². The number of benzene rings is 1. The second-order valence-corrected chi connectivity index (χ2v) is 3.80. The first-order chi connectivity index (χ1) is 8.22. The fraction of sp³-hybridized carbons (Fsp3) is 0.0833. The van der Waals surface area contributed by atoms with E-state index in [9.17, 15) is 4.79 Å². The maximum absolute atomic E-state index is 10.9. The van der Waals surface area contributed by atoms with Crippen molar-refractivity contribution in [3.8, 4) is 11.4 Å². The predicted octanol–water partition coefficient (Wildman–Crippen LogP) is 1.89. The highest BCUT2D eigenvalue weighted by molar-refractivity contribution is 5.83. The Morgan fingerprint density at radius 3 is 2.88 bits per heavy atom. The number of aromatic amines is 1. The molecule has 0 spiro atoms. The van der Waals surface area contributed by atoms with Crippen molar-refractivity contribution in [2.24, 2.45) is 0 Å². The molecule has 0 radical (unpaired) electrons. The van der Waals surface area contributed by atoms with Crippen LogP contribution in [0, 0.1) is 6.92 Å². The number of hydrogen-bond acceptors (Lipinski definition) is 4. The van der Waals surface area contributed by atoms with Crippen LogP contribution in [-0.4, -0.2) is 15.1 Å². The van der Waals surface area contributed by atoms with Crippen molar-refractivity contribution in [3.63, 3.8) is 0 Å². The molecule has 3 aromatic rings. The molecule has 84 valence electrons. The summed E-state index contributed by atoms with van der Waals surface area (Å²) < 4.78 is 4.47. The van der Waals surface area contributed by atoms with Gasteiger partial charge in [0.05, 0.1) is 5.52 Å². The van der Waals surface area contributed by atoms with E-state index in [1.165, 1.54) is 0 Å². The first-order valence-electron chi connectivity index (χ1n) is 5.16. The van der Waals surface area contributed by atoms with Crippen molar-refractivity contribution in [1.82, 2.24) is 15.1 Å². The van der Waals surface area contributed by atoms with E-state index in [0.717, 1.165) is 22.2 Å². The zero-order valence-electron chi connectivity index (χ0n) is 9.10. The van der Waals surface area contributed by atoms with Crippen molar-refractivity contribution in [2.75, 3.05) is 0 Å². The summed E-state index contributed by atoms with van der Waals surface area (Å²) in [5.74, 6) is -0.125. The highest BCUT2D eigenvalue weighted by atomic mass is 16.5. The molecule has 5 heteroatoms. The first kappa shape index (κ1) is 9.77. The molecule has 0 aliphatic rings. The topological polar surface area (TPSA) is 71.8 Å². The molecule has 0 fully saturated rings. The molecule has 0 aliphatic heterocycles. The first-order valence-corrected chi connectivity index (χ1v) is 5.16. The van der Waals surface area contributed by atoms with E-state index in [1.54, 1.807) is 0 Å². The van der Waals surface area contributed by atoms with Gasteiger partial charge in [0.15, 0.2) is 5.82 Å². The van der Waals surface area contributed by atoms with Gasteiger partial charge in [-0.25, -0.2) is 4.79 Å². The van der Waals surface area contributed by atoms with Crippen molar-refractivity contribution in [1.29, 1.82) is 0 Å². The molecule has 5 nitrogen and oxygen atoms in total. The summed E-state index contributed by atoms with van der Waals surface area (Å²) in [5.41, 5.74) is 2.69. The molecule has 2 heterocycles. The van der Waals surface area contributed by atoms with Gasteiger partial charge in [0, 0.05) is 16.6 Å². The van der Waals surface area contributed by atoms with Gasteiger partial charge in [-0.1, -0.05) is 11.2 Å². The minimum Gasteiger partial charge on any atom is -0.296 e. The summed E-state index contributed by atoms with van der Waals surface area (Å²) >= 11 is 0. The number of rotatable bonds is 1. The zero-order valence-corrected chi connectivity index (χ0v) is 9.10. The molecule has 0 atom stereocenters. The second kappa shape index (κ2) is 3.55. The molecular formula is C12H9N3O2. The average Bonchev–Trinajstić information content (AvgIpc) is 2.75. The van der Waals surface area contributed by atoms with Crippen LogP contribution in [-0.2, 0) is 0 Å². The van der Waals surface area contributed by atoms with E-state index < -0.39 is 5.76 Å². The van der Waals surface area contributed by atoms with Gasteiger partial charge < -0.3 is 0 Å². The molecule has 0 saturated heterocycles. The Morgan fingerprint density at radius 2 is 2.12 bits per heavy atom. The van der Waals surface area contributed by atoms with Gasteiger partial charge >= 0.3 is 5.76 Å². The van der Waals surface area contributed by atoms with E-state index in [1.807, 2.05) is 37.3 Å². The number of nitrogens with one attached hydrogen (secondary N) is 1. The molecule has 0 unspecified atom stereocenters. The molecule has 3 rings (SSSR count). The standard InChI is InChI=1S/C12H9N3O2/c1-7-2-3-8-6-9(4-5-10(8)13-7)11-14-12(16)17-15-11/h2-6H,1H3,(H,14,15,16). The predicted molar refractivity (Wildman–Crippen MR) is 62.6 cm³/mol. The Balaban J connectivity index is 2.20. The lowest BCUT2D eigenvalue weighted by Gasteiger charge is -2.00. The summed E-state index contributed by atoms with van der Waals surface area (Å²) in [6.07, 6.45) is 0. The summed E-state index contributed by atoms with van der Waals surface area (Å²) in [5, 5.41) is 4.64. The Bertz CT molecular complexity index is 743. The van der Waals surface area contributed by atoms with Crippen LogP contribution >= 0.6 is 0 Å². The Hall–Kier alpha value is -2.43. The van der Waals surface area contributed by atoms with Gasteiger partial charge in [-0.2, -0.15) is 0 Å². The third kappa shape index (κ3) is 1.71. The van der Waals surface area contributed by atoms with Gasteiger partial charge in [-0.3, -0.25) is 14.5 Å². The van der Waals surface area contributed by atoms with Crippen LogP contribution in [0.5, 0.6) is 0 Å². The molecule has 17 heavy (non-hydrogen) atoms. The number of aryl methyl sites for hydroxylation is 1. The molecule has 0 amide bonds. The molecule has 1 N–H and O–H groups in total. The van der Waals surface area contributed by atoms with E-state index in [4.69, 9.17) is 0 Å². The van der Waals surface area contributed by atoms with Crippen molar-refractivity contribution < 1.29 is 4.52 Å². The van der Waals surface area contributed by atoms with Crippen LogP contribution in [0.25, 0.3) is 22.3 Å². The monoisotopic (exact) mass is 227 g/mol. The lowest BCUT2D eigenvalue weighted by molar-refractivity contribution is 0.388. The normalized spacial score (nSPS) is 10.9. The van der Waals surface area contributed by atoms with Gasteiger partial charge in [-0.05, 0) is 31.2 Å². The Kier molecular flexibility index (Phi) is 2.04. The van der Waals surface area contributed by atoms with E-state index in [2.05, 4.69) is 19.6 Å². The number of hydrogen-bond donors (Lipinski definition) is 1. The number of pyridine rings is 1. The number of aromatic nitrogens is 3. The lowest BCUT2D eigenvalue weighted by Crippen LogP contribution is -1.94. The van der Waals surface area contributed by atoms with Gasteiger partial charge in [0.25, 0.3) is 0 Å². The van der Waals surface area contributed by atoms with Crippen LogP contribution in [0.1, 0.15) is 5.69 Å². The smallest absolute Gasteiger partial charge is 0.296 e. The highest BCUT2D eigenvalue weighted by Gasteiger charge is 2.05. The lowest BCUT2D eigenvalue weighted by atomic mass is 10.1. The maximum Gasteiger partial charge on any atom is 0.439 e. The molecule has 2 aromatic heterocycles. The quantitative estimate of drug-likeness (QED) is 0.689. The van der Waals surface area contributed by atoms with Crippen LogP contribution in [0.2, 0.25) is 0 Å². The van der Waals surface area contributed by atoms with E-state index in [0.29, 0.717) is 5.82 Å². The summed E-state index contributed by atoms with van der Waals surface area (Å²) in [6.45, 7) is 1.95. The van der Waals surface area contributed by atoms with Crippen LogP contribution < -0.4 is 5.76 Å². The summed E-state index contributed by atoms with van der Waals surface area (Å²) in [6, 6.07) is 9.58. The maximum atomic E-state index is 10.9. The third-order valence-electron chi connectivity index (χ3n) is 2.54. The largest absolute Gasteiger partial charge is 0.439 e. The van der Waals surface area contributed by atoms with Crippen molar-refractivity contribution >= 4 is 10.9 Å². The zero-order chi connectivity index (χ0) is 11.8. The summed E-state index contributed by atoms with van der Waals surface area (Å²) in [7, 11) is 0. The van der Waals surface area contributed by atoms with Gasteiger partial charge in [0.1, 0.15) is 0 Å². The average molecular weight is 227 g/mol. The molecule has 0 saturated carbocycles. The minimum atomic E-state index is -0.554. The molecule has 0 aliphatic carbocycles. The Morgan fingerprint density at radius 1 is 1.24 bits per heavy atom. The number of H-pyrrole nitrogens is 1. The van der Waals surface area contributed by atoms with Crippen LogP contribution in [0.3, 0.4) is 0 Å². The molecule has 1 aromatic carbocycles. The van der Waals surface area contributed by atoms with Gasteiger partial charge in [-0.15, -0.1) is 0 Å². The number of fused-ring (bicyclic) bond motifs is 1. The SMILES string of the molecule is Cc1ccc2cc(-c3noc(=O)[nH]3)ccc2n1. The van der Waals surface area contributed by atoms with E-state index in [-0.39, 0.29) is 0 Å². The fourth-order valence-electron chi connectivity index (χ4n) is 1.73. The van der Waals surface area contributed by atoms with Crippen molar-refractivity contribution in [3.05, 3.63) is 46.6 Å². The molecule has 0 bridgehead atoms. The second-order valence-electron chi connectivity index (χ2n) is 3.80. The third-order valence-corrected chi connectivity index (χ3v) is 2.54. The highest BCUT2D eigenvalue weighted by Crippen LogP contribution is 2.20. The van der Waals surface area contributed by atoms with Crippen LogP contribution in [0.15, 0.2) is 39.6 Å². The van der Waals surface area contributed by atoms with E-state index >= 15 is 0 Å². The van der Waals surface area contributed by atoms with Crippen molar-refractivity contribution in [2.45, 2.75) is 6.92 Å². The minimum absolute atomic E-state index is 0.428.